The fourth-order valence-electron chi connectivity index (χ4n) is 2.95. The Bertz CT molecular complexity index is 1420. The molecule has 0 aliphatic carbocycles. The minimum atomic E-state index is -0.658. The second-order valence-electron chi connectivity index (χ2n) is 6.75. The Balaban J connectivity index is 1.45. The van der Waals surface area contributed by atoms with Crippen molar-refractivity contribution in [2.24, 2.45) is 5.10 Å². The van der Waals surface area contributed by atoms with E-state index in [0.717, 1.165) is 4.68 Å². The van der Waals surface area contributed by atoms with Gasteiger partial charge < -0.3 is 15.0 Å². The van der Waals surface area contributed by atoms with Crippen molar-refractivity contribution in [2.75, 3.05) is 11.9 Å². The molecule has 0 atom stereocenters. The van der Waals surface area contributed by atoms with Crippen LogP contribution in [0, 0.1) is 5.82 Å². The highest BCUT2D eigenvalue weighted by Gasteiger charge is 2.07. The van der Waals surface area contributed by atoms with Crippen molar-refractivity contribution in [3.8, 4) is 5.75 Å². The lowest BCUT2D eigenvalue weighted by atomic mass is 10.2. The number of aromatic nitrogens is 2. The van der Waals surface area contributed by atoms with Gasteiger partial charge in [-0.2, -0.15) is 5.10 Å². The van der Waals surface area contributed by atoms with Gasteiger partial charge in [0.1, 0.15) is 11.6 Å². The highest BCUT2D eigenvalue weighted by molar-refractivity contribution is 5.91. The third kappa shape index (κ3) is 4.78. The van der Waals surface area contributed by atoms with Gasteiger partial charge in [-0.3, -0.25) is 9.59 Å². The summed E-state index contributed by atoms with van der Waals surface area (Å²) in [5.74, 6) is -0.418. The monoisotopic (exact) mass is 432 g/mol. The number of rotatable bonds is 6. The van der Waals surface area contributed by atoms with Crippen LogP contribution < -0.4 is 21.3 Å². The first-order valence-electron chi connectivity index (χ1n) is 9.56. The summed E-state index contributed by atoms with van der Waals surface area (Å²) in [7, 11) is 0. The molecule has 3 aromatic carbocycles. The molecular formula is C23H17FN4O4. The summed E-state index contributed by atoms with van der Waals surface area (Å²) >= 11 is 0. The molecule has 1 aromatic heterocycles. The second-order valence-corrected chi connectivity index (χ2v) is 6.75. The van der Waals surface area contributed by atoms with Gasteiger partial charge in [-0.1, -0.05) is 24.3 Å². The van der Waals surface area contributed by atoms with Crippen molar-refractivity contribution in [1.82, 2.24) is 9.66 Å². The third-order valence-corrected chi connectivity index (χ3v) is 4.46. The van der Waals surface area contributed by atoms with Gasteiger partial charge in [0, 0.05) is 5.69 Å². The van der Waals surface area contributed by atoms with E-state index in [1.165, 1.54) is 30.5 Å². The van der Waals surface area contributed by atoms with E-state index < -0.39 is 23.0 Å². The summed E-state index contributed by atoms with van der Waals surface area (Å²) in [6.07, 6.45) is 1.34. The van der Waals surface area contributed by atoms with E-state index in [2.05, 4.69) is 15.4 Å². The number of benzene rings is 3. The zero-order chi connectivity index (χ0) is 22.5. The largest absolute Gasteiger partial charge is 0.484 e. The Labute approximate surface area is 180 Å². The van der Waals surface area contributed by atoms with Crippen LogP contribution in [-0.2, 0) is 4.79 Å². The molecule has 4 rings (SSSR count). The summed E-state index contributed by atoms with van der Waals surface area (Å²) in [6, 6.07) is 18.7. The van der Waals surface area contributed by atoms with Gasteiger partial charge in [-0.15, -0.1) is 4.68 Å². The Hall–Kier alpha value is -4.53. The standard InChI is InChI=1S/C23H17FN4O4/c24-16-8-10-17(11-9-16)26-21(29)14-32-18-5-3-4-15(12-18)13-25-28-22(30)19-6-1-2-7-20(19)27-23(28)31/h1-13H,14H2,(H,26,29)(H,27,31). The van der Waals surface area contributed by atoms with Gasteiger partial charge in [0.05, 0.1) is 17.1 Å². The van der Waals surface area contributed by atoms with Crippen molar-refractivity contribution >= 4 is 28.7 Å². The molecule has 32 heavy (non-hydrogen) atoms. The van der Waals surface area contributed by atoms with Crippen molar-refractivity contribution in [3.63, 3.8) is 0 Å². The lowest BCUT2D eigenvalue weighted by Gasteiger charge is -2.08. The molecule has 0 aliphatic rings. The first-order valence-corrected chi connectivity index (χ1v) is 9.56. The molecule has 9 heteroatoms. The number of hydrogen-bond donors (Lipinski definition) is 2. The first kappa shape index (κ1) is 20.7. The number of para-hydroxylation sites is 1. The highest BCUT2D eigenvalue weighted by Crippen LogP contribution is 2.13. The Kier molecular flexibility index (Phi) is 5.89. The predicted molar refractivity (Wildman–Crippen MR) is 119 cm³/mol. The van der Waals surface area contributed by atoms with E-state index >= 15 is 0 Å². The Morgan fingerprint density at radius 1 is 1.06 bits per heavy atom. The van der Waals surface area contributed by atoms with E-state index in [0.29, 0.717) is 27.9 Å². The van der Waals surface area contributed by atoms with Gasteiger partial charge in [-0.05, 0) is 54.1 Å². The molecule has 1 heterocycles. The molecule has 0 bridgehead atoms. The number of anilines is 1. The predicted octanol–water partition coefficient (Wildman–Crippen LogP) is 2.73. The van der Waals surface area contributed by atoms with Crippen molar-refractivity contribution in [3.05, 3.63) is 105 Å². The van der Waals surface area contributed by atoms with Crippen LogP contribution in [-0.4, -0.2) is 28.4 Å². The maximum Gasteiger partial charge on any atom is 0.349 e. The average Bonchev–Trinajstić information content (AvgIpc) is 2.79. The fourth-order valence-corrected chi connectivity index (χ4v) is 2.95. The minimum absolute atomic E-state index is 0.262. The smallest absolute Gasteiger partial charge is 0.349 e. The molecule has 0 fully saturated rings. The number of hydrogen-bond acceptors (Lipinski definition) is 5. The van der Waals surface area contributed by atoms with Crippen molar-refractivity contribution in [1.29, 1.82) is 0 Å². The molecule has 0 saturated heterocycles. The number of nitrogens with one attached hydrogen (secondary N) is 2. The topological polar surface area (TPSA) is 106 Å². The number of ether oxygens (including phenoxy) is 1. The number of halogens is 1. The molecule has 0 saturated carbocycles. The number of carbonyl (C=O) groups excluding carboxylic acids is 1. The zero-order valence-electron chi connectivity index (χ0n) is 16.6. The lowest BCUT2D eigenvalue weighted by Crippen LogP contribution is -2.32. The Morgan fingerprint density at radius 3 is 2.66 bits per heavy atom. The molecule has 1 amide bonds. The van der Waals surface area contributed by atoms with Crippen LogP contribution in [0.4, 0.5) is 10.1 Å². The van der Waals surface area contributed by atoms with Crippen LogP contribution in [0.3, 0.4) is 0 Å². The van der Waals surface area contributed by atoms with Gasteiger partial charge in [0.15, 0.2) is 6.61 Å². The number of amides is 1. The van der Waals surface area contributed by atoms with E-state index in [4.69, 9.17) is 4.74 Å². The summed E-state index contributed by atoms with van der Waals surface area (Å²) in [4.78, 5) is 39.3. The number of fused-ring (bicyclic) bond motifs is 1. The maximum atomic E-state index is 12.9. The van der Waals surface area contributed by atoms with E-state index in [1.54, 1.807) is 48.5 Å². The normalized spacial score (nSPS) is 11.0. The van der Waals surface area contributed by atoms with Gasteiger partial charge in [0.2, 0.25) is 0 Å². The molecule has 4 aromatic rings. The van der Waals surface area contributed by atoms with Gasteiger partial charge in [0.25, 0.3) is 11.5 Å². The molecule has 0 aliphatic heterocycles. The molecule has 8 nitrogen and oxygen atoms in total. The molecule has 0 spiro atoms. The fraction of sp³-hybridized carbons (Fsp3) is 0.0435. The van der Waals surface area contributed by atoms with Crippen molar-refractivity contribution in [2.45, 2.75) is 0 Å². The number of H-pyrrole nitrogens is 1. The molecule has 2 N–H and O–H groups in total. The van der Waals surface area contributed by atoms with Crippen LogP contribution in [0.2, 0.25) is 0 Å². The maximum absolute atomic E-state index is 12.9. The molecular weight excluding hydrogens is 415 g/mol. The molecule has 160 valence electrons. The summed E-state index contributed by atoms with van der Waals surface area (Å²) < 4.78 is 19.1. The van der Waals surface area contributed by atoms with Crippen LogP contribution >= 0.6 is 0 Å². The van der Waals surface area contributed by atoms with Gasteiger partial charge >= 0.3 is 5.69 Å². The lowest BCUT2D eigenvalue weighted by molar-refractivity contribution is -0.118. The van der Waals surface area contributed by atoms with Gasteiger partial charge in [-0.25, -0.2) is 9.18 Å². The van der Waals surface area contributed by atoms with Crippen LogP contribution in [0.15, 0.2) is 87.5 Å². The van der Waals surface area contributed by atoms with E-state index in [1.807, 2.05) is 0 Å². The van der Waals surface area contributed by atoms with Crippen molar-refractivity contribution < 1.29 is 13.9 Å². The number of nitrogens with zero attached hydrogens (tertiary/aromatic N) is 2. The SMILES string of the molecule is O=C(COc1cccc(C=Nn2c(=O)[nH]c3ccccc3c2=O)c1)Nc1ccc(F)cc1. The summed E-state index contributed by atoms with van der Waals surface area (Å²) in [5.41, 5.74) is 0.247. The third-order valence-electron chi connectivity index (χ3n) is 4.46. The van der Waals surface area contributed by atoms with Crippen LogP contribution in [0.1, 0.15) is 5.56 Å². The van der Waals surface area contributed by atoms with E-state index in [-0.39, 0.29) is 6.61 Å². The zero-order valence-corrected chi connectivity index (χ0v) is 16.6. The van der Waals surface area contributed by atoms with Crippen LogP contribution in [0.25, 0.3) is 10.9 Å². The second kappa shape index (κ2) is 9.09. The summed E-state index contributed by atoms with van der Waals surface area (Å²) in [6.45, 7) is -0.262. The Morgan fingerprint density at radius 2 is 1.84 bits per heavy atom. The highest BCUT2D eigenvalue weighted by atomic mass is 19.1. The first-order chi connectivity index (χ1) is 15.5. The number of aromatic amines is 1. The van der Waals surface area contributed by atoms with Crippen LogP contribution in [0.5, 0.6) is 5.75 Å². The van der Waals surface area contributed by atoms with E-state index in [9.17, 15) is 18.8 Å². The molecule has 0 unspecified atom stereocenters. The summed E-state index contributed by atoms with van der Waals surface area (Å²) in [5, 5.41) is 6.93. The number of carbonyl (C=O) groups is 1. The molecule has 0 radical (unpaired) electrons. The minimum Gasteiger partial charge on any atom is -0.484 e. The quantitative estimate of drug-likeness (QED) is 0.457. The average molecular weight is 432 g/mol.